The average molecular weight is 355 g/mol. The van der Waals surface area contributed by atoms with Gasteiger partial charge in [-0.15, -0.1) is 0 Å². The molecule has 3 rings (SSSR count). The van der Waals surface area contributed by atoms with E-state index in [2.05, 4.69) is 5.32 Å². The summed E-state index contributed by atoms with van der Waals surface area (Å²) in [5.74, 6) is 1.59. The minimum Gasteiger partial charge on any atom is -0.486 e. The van der Waals surface area contributed by atoms with E-state index < -0.39 is 0 Å². The molecule has 1 heterocycles. The second kappa shape index (κ2) is 7.91. The van der Waals surface area contributed by atoms with E-state index in [-0.39, 0.29) is 24.3 Å². The van der Waals surface area contributed by atoms with Crippen molar-refractivity contribution in [2.24, 2.45) is 0 Å². The lowest BCUT2D eigenvalue weighted by Gasteiger charge is -2.21. The van der Waals surface area contributed by atoms with Crippen LogP contribution in [0.15, 0.2) is 42.5 Å². The zero-order chi connectivity index (χ0) is 18.5. The molecular formula is C20H21NO5. The number of carbonyl (C=O) groups is 2. The van der Waals surface area contributed by atoms with Crippen LogP contribution in [0.1, 0.15) is 35.8 Å². The third-order valence-corrected chi connectivity index (χ3v) is 4.05. The number of hydrogen-bond donors (Lipinski definition) is 1. The van der Waals surface area contributed by atoms with Gasteiger partial charge in [0.1, 0.15) is 19.0 Å². The molecule has 0 fully saturated rings. The van der Waals surface area contributed by atoms with E-state index in [1.165, 1.54) is 6.92 Å². The Morgan fingerprint density at radius 1 is 1.12 bits per heavy atom. The quantitative estimate of drug-likeness (QED) is 0.807. The van der Waals surface area contributed by atoms with Crippen molar-refractivity contribution in [1.29, 1.82) is 0 Å². The summed E-state index contributed by atoms with van der Waals surface area (Å²) in [5.41, 5.74) is 1.47. The summed E-state index contributed by atoms with van der Waals surface area (Å²) >= 11 is 0. The van der Waals surface area contributed by atoms with Gasteiger partial charge in [0.15, 0.2) is 23.9 Å². The van der Waals surface area contributed by atoms with Gasteiger partial charge in [-0.05, 0) is 43.7 Å². The highest BCUT2D eigenvalue weighted by Gasteiger charge is 2.16. The molecule has 26 heavy (non-hydrogen) atoms. The highest BCUT2D eigenvalue weighted by atomic mass is 16.6. The summed E-state index contributed by atoms with van der Waals surface area (Å²) in [6.07, 6.45) is 0. The monoisotopic (exact) mass is 355 g/mol. The maximum atomic E-state index is 12.1. The first-order chi connectivity index (χ1) is 12.5. The molecule has 1 amide bonds. The van der Waals surface area contributed by atoms with E-state index in [4.69, 9.17) is 14.2 Å². The topological polar surface area (TPSA) is 73.9 Å². The van der Waals surface area contributed by atoms with E-state index in [0.29, 0.717) is 36.0 Å². The minimum absolute atomic E-state index is 0.0490. The Kier molecular flexibility index (Phi) is 5.41. The molecule has 0 aliphatic carbocycles. The van der Waals surface area contributed by atoms with Crippen molar-refractivity contribution in [3.05, 3.63) is 53.6 Å². The molecule has 1 atom stereocenters. The largest absolute Gasteiger partial charge is 0.486 e. The molecule has 6 nitrogen and oxygen atoms in total. The number of ether oxygens (including phenoxy) is 3. The minimum atomic E-state index is -0.249. The number of hydrogen-bond acceptors (Lipinski definition) is 5. The van der Waals surface area contributed by atoms with Crippen LogP contribution in [0.25, 0.3) is 0 Å². The van der Waals surface area contributed by atoms with Crippen LogP contribution in [0.5, 0.6) is 17.2 Å². The molecule has 0 saturated carbocycles. The van der Waals surface area contributed by atoms with Gasteiger partial charge in [-0.25, -0.2) is 0 Å². The van der Waals surface area contributed by atoms with Gasteiger partial charge < -0.3 is 19.5 Å². The molecule has 0 saturated heterocycles. The van der Waals surface area contributed by atoms with Crippen molar-refractivity contribution in [3.8, 4) is 17.2 Å². The lowest BCUT2D eigenvalue weighted by Crippen LogP contribution is -2.31. The van der Waals surface area contributed by atoms with Gasteiger partial charge in [-0.1, -0.05) is 18.2 Å². The Morgan fingerprint density at radius 2 is 1.88 bits per heavy atom. The van der Waals surface area contributed by atoms with Gasteiger partial charge in [0.2, 0.25) is 0 Å². The van der Waals surface area contributed by atoms with Gasteiger partial charge in [0.25, 0.3) is 5.91 Å². The highest BCUT2D eigenvalue weighted by Crippen LogP contribution is 2.32. The summed E-state index contributed by atoms with van der Waals surface area (Å²) < 4.78 is 16.5. The van der Waals surface area contributed by atoms with Gasteiger partial charge in [-0.3, -0.25) is 9.59 Å². The van der Waals surface area contributed by atoms with E-state index in [1.54, 1.807) is 24.3 Å². The molecule has 0 bridgehead atoms. The van der Waals surface area contributed by atoms with Crippen LogP contribution in [-0.4, -0.2) is 31.5 Å². The Hall–Kier alpha value is -3.02. The molecule has 2 aromatic carbocycles. The number of nitrogens with one attached hydrogen (secondary N) is 1. The van der Waals surface area contributed by atoms with Crippen LogP contribution < -0.4 is 19.5 Å². The van der Waals surface area contributed by atoms with E-state index in [0.717, 1.165) is 5.56 Å². The van der Waals surface area contributed by atoms with Crippen molar-refractivity contribution in [1.82, 2.24) is 5.32 Å². The standard InChI is InChI=1S/C20H21NO5/c1-13(15-6-7-18-19(11-15)25-9-8-24-18)21-20(23)12-26-17-5-3-4-16(10-17)14(2)22/h3-7,10-11,13H,8-9,12H2,1-2H3,(H,21,23)/t13-/m1/s1. The second-order valence-electron chi connectivity index (χ2n) is 6.06. The molecule has 6 heteroatoms. The average Bonchev–Trinajstić information content (AvgIpc) is 2.66. The molecule has 2 aromatic rings. The molecule has 1 aliphatic heterocycles. The molecule has 0 spiro atoms. The molecule has 136 valence electrons. The zero-order valence-electron chi connectivity index (χ0n) is 14.8. The predicted octanol–water partition coefficient (Wildman–Crippen LogP) is 2.92. The first-order valence-corrected chi connectivity index (χ1v) is 8.45. The highest BCUT2D eigenvalue weighted by molar-refractivity contribution is 5.94. The number of ketones is 1. The van der Waals surface area contributed by atoms with Gasteiger partial charge in [0.05, 0.1) is 6.04 Å². The van der Waals surface area contributed by atoms with Crippen LogP contribution in [0.3, 0.4) is 0 Å². The normalized spacial score (nSPS) is 13.6. The Bertz CT molecular complexity index is 818. The first-order valence-electron chi connectivity index (χ1n) is 8.45. The number of carbonyl (C=O) groups excluding carboxylic acids is 2. The van der Waals surface area contributed by atoms with Gasteiger partial charge >= 0.3 is 0 Å². The van der Waals surface area contributed by atoms with Crippen LogP contribution in [0.4, 0.5) is 0 Å². The van der Waals surface area contributed by atoms with Crippen molar-refractivity contribution in [3.63, 3.8) is 0 Å². The fourth-order valence-corrected chi connectivity index (χ4v) is 2.65. The lowest BCUT2D eigenvalue weighted by molar-refractivity contribution is -0.123. The summed E-state index contributed by atoms with van der Waals surface area (Å²) in [6.45, 7) is 4.31. The van der Waals surface area contributed by atoms with Crippen molar-refractivity contribution < 1.29 is 23.8 Å². The number of amides is 1. The van der Waals surface area contributed by atoms with E-state index in [9.17, 15) is 9.59 Å². The Morgan fingerprint density at radius 3 is 2.65 bits per heavy atom. The molecule has 0 unspecified atom stereocenters. The predicted molar refractivity (Wildman–Crippen MR) is 95.9 cm³/mol. The zero-order valence-corrected chi connectivity index (χ0v) is 14.8. The van der Waals surface area contributed by atoms with E-state index >= 15 is 0 Å². The smallest absolute Gasteiger partial charge is 0.258 e. The first kappa shape index (κ1) is 17.8. The van der Waals surface area contributed by atoms with Crippen molar-refractivity contribution in [2.45, 2.75) is 19.9 Å². The maximum absolute atomic E-state index is 12.1. The lowest BCUT2D eigenvalue weighted by atomic mass is 10.1. The third-order valence-electron chi connectivity index (χ3n) is 4.05. The SMILES string of the molecule is CC(=O)c1cccc(OCC(=O)N[C@H](C)c2ccc3c(c2)OCCO3)c1. The van der Waals surface area contributed by atoms with Gasteiger partial charge in [-0.2, -0.15) is 0 Å². The number of fused-ring (bicyclic) bond motifs is 1. The van der Waals surface area contributed by atoms with Gasteiger partial charge in [0, 0.05) is 5.56 Å². The summed E-state index contributed by atoms with van der Waals surface area (Å²) in [5, 5.41) is 2.88. The number of Topliss-reactive ketones (excluding diaryl/α,β-unsaturated/α-hetero) is 1. The second-order valence-corrected chi connectivity index (χ2v) is 6.06. The fraction of sp³-hybridized carbons (Fsp3) is 0.300. The molecular weight excluding hydrogens is 334 g/mol. The van der Waals surface area contributed by atoms with Crippen LogP contribution >= 0.6 is 0 Å². The molecule has 1 N–H and O–H groups in total. The summed E-state index contributed by atoms with van der Waals surface area (Å²) in [7, 11) is 0. The van der Waals surface area contributed by atoms with Crippen LogP contribution in [0.2, 0.25) is 0 Å². The van der Waals surface area contributed by atoms with Crippen molar-refractivity contribution >= 4 is 11.7 Å². The molecule has 0 radical (unpaired) electrons. The third kappa shape index (κ3) is 4.33. The van der Waals surface area contributed by atoms with Crippen LogP contribution in [-0.2, 0) is 4.79 Å². The maximum Gasteiger partial charge on any atom is 0.258 e. The number of rotatable bonds is 6. The summed E-state index contributed by atoms with van der Waals surface area (Å²) in [6, 6.07) is 12.2. The van der Waals surface area contributed by atoms with Crippen LogP contribution in [0, 0.1) is 0 Å². The fourth-order valence-electron chi connectivity index (χ4n) is 2.65. The van der Waals surface area contributed by atoms with E-state index in [1.807, 2.05) is 25.1 Å². The number of benzene rings is 2. The Balaban J connectivity index is 1.56. The molecule has 0 aromatic heterocycles. The molecule has 1 aliphatic rings. The summed E-state index contributed by atoms with van der Waals surface area (Å²) in [4.78, 5) is 23.5. The van der Waals surface area contributed by atoms with Crippen molar-refractivity contribution in [2.75, 3.05) is 19.8 Å². The Labute approximate surface area is 152 Å².